The summed E-state index contributed by atoms with van der Waals surface area (Å²) in [6.07, 6.45) is -0.591. The summed E-state index contributed by atoms with van der Waals surface area (Å²) >= 11 is 1.49. The summed E-state index contributed by atoms with van der Waals surface area (Å²) in [6, 6.07) is 15.2. The van der Waals surface area contributed by atoms with Gasteiger partial charge >= 0.3 is 0 Å². The van der Waals surface area contributed by atoms with E-state index in [-0.39, 0.29) is 24.1 Å². The zero-order chi connectivity index (χ0) is 22.9. The van der Waals surface area contributed by atoms with Crippen molar-refractivity contribution in [3.63, 3.8) is 0 Å². The number of ether oxygens (including phenoxy) is 1. The maximum Gasteiger partial charge on any atom is 0.276 e. The minimum absolute atomic E-state index is 0.134. The number of carbonyl (C=O) groups is 2. The highest BCUT2D eigenvalue weighted by Gasteiger charge is 2.34. The molecule has 1 fully saturated rings. The van der Waals surface area contributed by atoms with E-state index in [1.54, 1.807) is 17.0 Å². The highest BCUT2D eigenvalue weighted by Crippen LogP contribution is 2.32. The SMILES string of the molecule is Cc1cccc(-c2sc(C)nc2C(=O)N2CCOC2CNC(=O)c2noc3ccccc23)c1. The Labute approximate surface area is 194 Å². The van der Waals surface area contributed by atoms with Crippen molar-refractivity contribution in [1.82, 2.24) is 20.4 Å². The second-order valence-electron chi connectivity index (χ2n) is 7.84. The lowest BCUT2D eigenvalue weighted by Gasteiger charge is -2.23. The molecule has 5 rings (SSSR count). The van der Waals surface area contributed by atoms with Crippen LogP contribution in [0.2, 0.25) is 0 Å². The van der Waals surface area contributed by atoms with Gasteiger partial charge in [0.1, 0.15) is 11.9 Å². The number of para-hydroxylation sites is 1. The van der Waals surface area contributed by atoms with Gasteiger partial charge in [-0.1, -0.05) is 47.1 Å². The van der Waals surface area contributed by atoms with Gasteiger partial charge in [0.15, 0.2) is 11.3 Å². The van der Waals surface area contributed by atoms with Crippen LogP contribution in [0.5, 0.6) is 0 Å². The predicted molar refractivity (Wildman–Crippen MR) is 124 cm³/mol. The Morgan fingerprint density at radius 1 is 1.15 bits per heavy atom. The van der Waals surface area contributed by atoms with Crippen LogP contribution in [-0.2, 0) is 4.74 Å². The molecule has 1 unspecified atom stereocenters. The van der Waals surface area contributed by atoms with E-state index < -0.39 is 6.23 Å². The van der Waals surface area contributed by atoms with Crippen LogP contribution in [0.15, 0.2) is 53.1 Å². The van der Waals surface area contributed by atoms with Crippen LogP contribution in [0, 0.1) is 13.8 Å². The number of hydrogen-bond acceptors (Lipinski definition) is 7. The summed E-state index contributed by atoms with van der Waals surface area (Å²) in [7, 11) is 0. The summed E-state index contributed by atoms with van der Waals surface area (Å²) in [5, 5.41) is 8.15. The zero-order valence-corrected chi connectivity index (χ0v) is 19.0. The van der Waals surface area contributed by atoms with Crippen LogP contribution in [0.3, 0.4) is 0 Å². The topological polar surface area (TPSA) is 97.6 Å². The molecule has 1 aliphatic rings. The average Bonchev–Trinajstić information content (AvgIpc) is 3.55. The first-order chi connectivity index (χ1) is 16.0. The number of nitrogens with one attached hydrogen (secondary N) is 1. The molecule has 8 nitrogen and oxygen atoms in total. The van der Waals surface area contributed by atoms with Crippen LogP contribution < -0.4 is 5.32 Å². The fourth-order valence-electron chi connectivity index (χ4n) is 3.93. The van der Waals surface area contributed by atoms with Crippen molar-refractivity contribution < 1.29 is 18.8 Å². The van der Waals surface area contributed by atoms with Crippen molar-refractivity contribution in [3.8, 4) is 10.4 Å². The highest BCUT2D eigenvalue weighted by atomic mass is 32.1. The second kappa shape index (κ2) is 8.76. The normalized spacial score (nSPS) is 15.8. The first kappa shape index (κ1) is 21.3. The number of fused-ring (bicyclic) bond motifs is 1. The van der Waals surface area contributed by atoms with E-state index in [0.29, 0.717) is 29.8 Å². The summed E-state index contributed by atoms with van der Waals surface area (Å²) in [4.78, 5) is 33.1. The monoisotopic (exact) mass is 462 g/mol. The molecular weight excluding hydrogens is 440 g/mol. The third-order valence-electron chi connectivity index (χ3n) is 5.50. The van der Waals surface area contributed by atoms with Crippen molar-refractivity contribution in [2.75, 3.05) is 19.7 Å². The maximum absolute atomic E-state index is 13.4. The minimum Gasteiger partial charge on any atom is -0.355 e. The molecule has 168 valence electrons. The summed E-state index contributed by atoms with van der Waals surface area (Å²) in [5.74, 6) is -0.590. The van der Waals surface area contributed by atoms with E-state index >= 15 is 0 Å². The van der Waals surface area contributed by atoms with Gasteiger partial charge in [-0.3, -0.25) is 9.59 Å². The fraction of sp³-hybridized carbons (Fsp3) is 0.250. The van der Waals surface area contributed by atoms with Crippen molar-refractivity contribution in [2.45, 2.75) is 20.1 Å². The molecular formula is C24H22N4O4S. The molecule has 1 saturated heterocycles. The summed E-state index contributed by atoms with van der Waals surface area (Å²) in [6.45, 7) is 4.86. The fourth-order valence-corrected chi connectivity index (χ4v) is 4.83. The third kappa shape index (κ3) is 4.12. The maximum atomic E-state index is 13.4. The molecule has 2 aromatic heterocycles. The largest absolute Gasteiger partial charge is 0.355 e. The molecule has 3 heterocycles. The third-order valence-corrected chi connectivity index (χ3v) is 6.52. The molecule has 0 bridgehead atoms. The van der Waals surface area contributed by atoms with E-state index in [1.807, 2.05) is 50.2 Å². The average molecular weight is 463 g/mol. The Balaban J connectivity index is 1.33. The molecule has 1 aliphatic heterocycles. The van der Waals surface area contributed by atoms with Gasteiger partial charge in [-0.2, -0.15) is 0 Å². The van der Waals surface area contributed by atoms with Gasteiger partial charge in [-0.05, 0) is 31.5 Å². The van der Waals surface area contributed by atoms with Gasteiger partial charge in [0.05, 0.1) is 28.4 Å². The van der Waals surface area contributed by atoms with Gasteiger partial charge in [-0.25, -0.2) is 4.98 Å². The van der Waals surface area contributed by atoms with E-state index in [9.17, 15) is 9.59 Å². The van der Waals surface area contributed by atoms with Crippen LogP contribution in [0.1, 0.15) is 31.5 Å². The highest BCUT2D eigenvalue weighted by molar-refractivity contribution is 7.15. The lowest BCUT2D eigenvalue weighted by Crippen LogP contribution is -2.44. The Morgan fingerprint density at radius 2 is 2.00 bits per heavy atom. The predicted octanol–water partition coefficient (Wildman–Crippen LogP) is 3.80. The van der Waals surface area contributed by atoms with Crippen LogP contribution in [0.25, 0.3) is 21.4 Å². The molecule has 4 aromatic rings. The smallest absolute Gasteiger partial charge is 0.276 e. The number of aryl methyl sites for hydroxylation is 2. The molecule has 0 aliphatic carbocycles. The molecule has 2 aromatic carbocycles. The van der Waals surface area contributed by atoms with Crippen LogP contribution in [-0.4, -0.2) is 52.8 Å². The Morgan fingerprint density at radius 3 is 2.85 bits per heavy atom. The van der Waals surface area contributed by atoms with Crippen LogP contribution >= 0.6 is 11.3 Å². The van der Waals surface area contributed by atoms with Gasteiger partial charge in [0, 0.05) is 6.54 Å². The Hall–Kier alpha value is -3.56. The lowest BCUT2D eigenvalue weighted by atomic mass is 10.1. The number of nitrogens with zero attached hydrogens (tertiary/aromatic N) is 3. The first-order valence-corrected chi connectivity index (χ1v) is 11.4. The summed E-state index contributed by atoms with van der Waals surface area (Å²) in [5.41, 5.74) is 3.24. The number of thiazole rings is 1. The quantitative estimate of drug-likeness (QED) is 0.485. The number of rotatable bonds is 5. The molecule has 33 heavy (non-hydrogen) atoms. The number of carbonyl (C=O) groups excluding carboxylic acids is 2. The van der Waals surface area contributed by atoms with Gasteiger partial charge in [-0.15, -0.1) is 11.3 Å². The van der Waals surface area contributed by atoms with Gasteiger partial charge < -0.3 is 19.5 Å². The molecule has 0 radical (unpaired) electrons. The molecule has 0 saturated carbocycles. The molecule has 9 heteroatoms. The molecule has 1 atom stereocenters. The van der Waals surface area contributed by atoms with Gasteiger partial charge in [0.2, 0.25) is 0 Å². The van der Waals surface area contributed by atoms with Gasteiger partial charge in [0.25, 0.3) is 11.8 Å². The Bertz CT molecular complexity index is 1350. The van der Waals surface area contributed by atoms with Crippen molar-refractivity contribution in [1.29, 1.82) is 0 Å². The van der Waals surface area contributed by atoms with Crippen LogP contribution in [0.4, 0.5) is 0 Å². The molecule has 1 N–H and O–H groups in total. The number of hydrogen-bond donors (Lipinski definition) is 1. The van der Waals surface area contributed by atoms with E-state index in [1.165, 1.54) is 11.3 Å². The van der Waals surface area contributed by atoms with Crippen molar-refractivity contribution in [3.05, 3.63) is 70.5 Å². The summed E-state index contributed by atoms with van der Waals surface area (Å²) < 4.78 is 11.0. The van der Waals surface area contributed by atoms with Crippen molar-refractivity contribution in [2.24, 2.45) is 0 Å². The number of aromatic nitrogens is 2. The number of amides is 2. The van der Waals surface area contributed by atoms with Crippen molar-refractivity contribution >= 4 is 34.1 Å². The lowest BCUT2D eigenvalue weighted by molar-refractivity contribution is 0.0276. The number of benzene rings is 2. The first-order valence-electron chi connectivity index (χ1n) is 10.6. The zero-order valence-electron chi connectivity index (χ0n) is 18.2. The Kier molecular flexibility index (Phi) is 5.65. The molecule has 0 spiro atoms. The standard InChI is InChI=1S/C24H22N4O4S/c1-14-6-5-7-16(12-14)22-21(26-15(2)33-22)24(30)28-10-11-31-19(28)13-25-23(29)20-17-8-3-4-9-18(17)32-27-20/h3-9,12,19H,10-11,13H2,1-2H3,(H,25,29). The van der Waals surface area contributed by atoms with E-state index in [4.69, 9.17) is 9.26 Å². The second-order valence-corrected chi connectivity index (χ2v) is 9.04. The van der Waals surface area contributed by atoms with E-state index in [2.05, 4.69) is 15.5 Å². The molecule has 2 amide bonds. The van der Waals surface area contributed by atoms with E-state index in [0.717, 1.165) is 21.0 Å². The minimum atomic E-state index is -0.591.